The standard InChI is InChI=1S/C24H25N7O3S/c1-4-17-13-27-24(28-14-17)30-10-7-18(8-11-30)19-15-26-22-23(25-9-12-31(19)22)34-20-5-6-21(29-16(20)2)35(3,32)33/h5-7,9,12-15H,4,8,10-11H2,1-3H3. The number of fused-ring (bicyclic) bond motifs is 1. The summed E-state index contributed by atoms with van der Waals surface area (Å²) >= 11 is 0. The van der Waals surface area contributed by atoms with Crippen molar-refractivity contribution in [1.82, 2.24) is 29.3 Å². The fraction of sp³-hybridized carbons (Fsp3) is 0.292. The molecule has 10 nitrogen and oxygen atoms in total. The van der Waals surface area contributed by atoms with Crippen LogP contribution in [0.1, 0.15) is 30.3 Å². The van der Waals surface area contributed by atoms with Gasteiger partial charge in [-0.1, -0.05) is 13.0 Å². The molecule has 0 saturated carbocycles. The molecule has 1 aliphatic rings. The topological polar surface area (TPSA) is 115 Å². The molecule has 4 aromatic rings. The molecule has 35 heavy (non-hydrogen) atoms. The molecular weight excluding hydrogens is 466 g/mol. The second kappa shape index (κ2) is 9.06. The van der Waals surface area contributed by atoms with Gasteiger partial charge in [0.1, 0.15) is 0 Å². The molecule has 0 aromatic carbocycles. The molecule has 0 spiro atoms. The maximum atomic E-state index is 11.8. The number of sulfone groups is 1. The van der Waals surface area contributed by atoms with Crippen molar-refractivity contribution in [2.45, 2.75) is 31.7 Å². The highest BCUT2D eigenvalue weighted by Gasteiger charge is 2.20. The van der Waals surface area contributed by atoms with Gasteiger partial charge in [-0.25, -0.2) is 33.3 Å². The highest BCUT2D eigenvalue weighted by molar-refractivity contribution is 7.90. The van der Waals surface area contributed by atoms with E-state index >= 15 is 0 Å². The van der Waals surface area contributed by atoms with Gasteiger partial charge >= 0.3 is 0 Å². The van der Waals surface area contributed by atoms with Crippen molar-refractivity contribution in [3.05, 3.63) is 66.1 Å². The predicted octanol–water partition coefficient (Wildman–Crippen LogP) is 3.27. The van der Waals surface area contributed by atoms with Gasteiger partial charge in [-0.05, 0) is 43.0 Å². The summed E-state index contributed by atoms with van der Waals surface area (Å²) in [5.74, 6) is 1.48. The molecule has 4 aromatic heterocycles. The highest BCUT2D eigenvalue weighted by Crippen LogP contribution is 2.30. The van der Waals surface area contributed by atoms with Crippen molar-refractivity contribution in [1.29, 1.82) is 0 Å². The largest absolute Gasteiger partial charge is 0.434 e. The highest BCUT2D eigenvalue weighted by atomic mass is 32.2. The van der Waals surface area contributed by atoms with Crippen molar-refractivity contribution in [3.63, 3.8) is 0 Å². The lowest BCUT2D eigenvalue weighted by Gasteiger charge is -2.26. The van der Waals surface area contributed by atoms with Crippen LogP contribution in [-0.4, -0.2) is 57.1 Å². The van der Waals surface area contributed by atoms with Crippen LogP contribution in [0.3, 0.4) is 0 Å². The van der Waals surface area contributed by atoms with Gasteiger partial charge in [0, 0.05) is 44.1 Å². The third-order valence-corrected chi connectivity index (χ3v) is 6.90. The van der Waals surface area contributed by atoms with Crippen molar-refractivity contribution in [2.75, 3.05) is 24.2 Å². The quantitative estimate of drug-likeness (QED) is 0.401. The van der Waals surface area contributed by atoms with Crippen LogP contribution >= 0.6 is 0 Å². The Balaban J connectivity index is 1.39. The molecular formula is C24H25N7O3S. The average Bonchev–Trinajstić information content (AvgIpc) is 3.30. The minimum absolute atomic E-state index is 0.00148. The zero-order valence-corrected chi connectivity index (χ0v) is 20.5. The molecule has 0 saturated heterocycles. The molecule has 0 radical (unpaired) electrons. The molecule has 11 heteroatoms. The lowest BCUT2D eigenvalue weighted by Crippen LogP contribution is -2.30. The number of hydrogen-bond acceptors (Lipinski definition) is 9. The molecule has 0 fully saturated rings. The van der Waals surface area contributed by atoms with Gasteiger partial charge in [0.15, 0.2) is 20.6 Å². The Labute approximate surface area is 203 Å². The Morgan fingerprint density at radius 2 is 1.89 bits per heavy atom. The van der Waals surface area contributed by atoms with Crippen LogP contribution in [0.4, 0.5) is 5.95 Å². The second-order valence-corrected chi connectivity index (χ2v) is 10.3. The predicted molar refractivity (Wildman–Crippen MR) is 131 cm³/mol. The third kappa shape index (κ3) is 4.59. The number of nitrogens with zero attached hydrogens (tertiary/aromatic N) is 7. The van der Waals surface area contributed by atoms with E-state index in [9.17, 15) is 8.42 Å². The fourth-order valence-corrected chi connectivity index (χ4v) is 4.54. The summed E-state index contributed by atoms with van der Waals surface area (Å²) in [4.78, 5) is 24.2. The van der Waals surface area contributed by atoms with E-state index in [1.807, 2.05) is 29.2 Å². The maximum Gasteiger partial charge on any atom is 0.263 e. The number of aryl methyl sites for hydroxylation is 2. The zero-order valence-electron chi connectivity index (χ0n) is 19.7. The van der Waals surface area contributed by atoms with Crippen LogP contribution in [0, 0.1) is 6.92 Å². The first kappa shape index (κ1) is 22.9. The molecule has 1 aliphatic heterocycles. The maximum absolute atomic E-state index is 11.8. The third-order valence-electron chi connectivity index (χ3n) is 5.91. The van der Waals surface area contributed by atoms with Crippen LogP contribution in [0.5, 0.6) is 11.6 Å². The van der Waals surface area contributed by atoms with E-state index in [1.165, 1.54) is 11.6 Å². The summed E-state index contributed by atoms with van der Waals surface area (Å²) in [5, 5.41) is 0.00148. The number of rotatable bonds is 6. The molecule has 5 rings (SSSR count). The lowest BCUT2D eigenvalue weighted by molar-refractivity contribution is 0.457. The van der Waals surface area contributed by atoms with Crippen LogP contribution in [0.2, 0.25) is 0 Å². The van der Waals surface area contributed by atoms with E-state index in [4.69, 9.17) is 4.74 Å². The van der Waals surface area contributed by atoms with Gasteiger partial charge in [-0.3, -0.25) is 4.40 Å². The normalized spacial score (nSPS) is 14.3. The summed E-state index contributed by atoms with van der Waals surface area (Å²) in [6.45, 7) is 5.29. The van der Waals surface area contributed by atoms with Crippen LogP contribution in [0.15, 0.2) is 54.2 Å². The molecule has 180 valence electrons. The van der Waals surface area contributed by atoms with E-state index in [1.54, 1.807) is 19.2 Å². The first-order chi connectivity index (χ1) is 16.8. The Morgan fingerprint density at radius 1 is 1.09 bits per heavy atom. The molecule has 0 aliphatic carbocycles. The average molecular weight is 492 g/mol. The summed E-state index contributed by atoms with van der Waals surface area (Å²) in [7, 11) is -3.40. The number of ether oxygens (including phenoxy) is 1. The first-order valence-corrected chi connectivity index (χ1v) is 13.2. The van der Waals surface area contributed by atoms with E-state index in [0.29, 0.717) is 29.5 Å². The molecule has 0 bridgehead atoms. The number of hydrogen-bond donors (Lipinski definition) is 0. The lowest BCUT2D eigenvalue weighted by atomic mass is 10.1. The molecule has 0 atom stereocenters. The van der Waals surface area contributed by atoms with E-state index in [-0.39, 0.29) is 5.03 Å². The smallest absolute Gasteiger partial charge is 0.263 e. The monoisotopic (exact) mass is 491 g/mol. The van der Waals surface area contributed by atoms with Gasteiger partial charge in [-0.2, -0.15) is 0 Å². The van der Waals surface area contributed by atoms with Gasteiger partial charge in [0.05, 0.1) is 17.6 Å². The van der Waals surface area contributed by atoms with Gasteiger partial charge in [0.25, 0.3) is 5.88 Å². The number of anilines is 1. The summed E-state index contributed by atoms with van der Waals surface area (Å²) < 4.78 is 31.5. The van der Waals surface area contributed by atoms with Crippen molar-refractivity contribution < 1.29 is 13.2 Å². The van der Waals surface area contributed by atoms with Crippen molar-refractivity contribution in [2.24, 2.45) is 0 Å². The second-order valence-electron chi connectivity index (χ2n) is 8.35. The Hall–Kier alpha value is -3.86. The van der Waals surface area contributed by atoms with Crippen molar-refractivity contribution >= 4 is 27.0 Å². The van der Waals surface area contributed by atoms with Gasteiger partial charge in [0.2, 0.25) is 11.6 Å². The first-order valence-electron chi connectivity index (χ1n) is 11.3. The Kier molecular flexibility index (Phi) is 5.93. The van der Waals surface area contributed by atoms with E-state index in [2.05, 4.69) is 42.8 Å². The van der Waals surface area contributed by atoms with E-state index in [0.717, 1.165) is 42.8 Å². The molecule has 0 amide bonds. The molecule has 5 heterocycles. The van der Waals surface area contributed by atoms with E-state index < -0.39 is 9.84 Å². The Morgan fingerprint density at radius 3 is 2.54 bits per heavy atom. The summed E-state index contributed by atoms with van der Waals surface area (Å²) in [6.07, 6.45) is 14.1. The number of aromatic nitrogens is 6. The summed E-state index contributed by atoms with van der Waals surface area (Å²) in [5.41, 5.74) is 4.28. The fourth-order valence-electron chi connectivity index (χ4n) is 3.93. The van der Waals surface area contributed by atoms with Crippen LogP contribution in [-0.2, 0) is 16.3 Å². The van der Waals surface area contributed by atoms with Gasteiger partial charge < -0.3 is 9.64 Å². The minimum atomic E-state index is -3.40. The summed E-state index contributed by atoms with van der Waals surface area (Å²) in [6, 6.07) is 3.01. The number of imidazole rings is 1. The minimum Gasteiger partial charge on any atom is -0.434 e. The van der Waals surface area contributed by atoms with Gasteiger partial charge in [-0.15, -0.1) is 0 Å². The van der Waals surface area contributed by atoms with Crippen molar-refractivity contribution in [3.8, 4) is 11.6 Å². The molecule has 0 N–H and O–H groups in total. The van der Waals surface area contributed by atoms with Crippen LogP contribution in [0.25, 0.3) is 11.2 Å². The number of pyridine rings is 1. The Bertz CT molecular complexity index is 1530. The molecule has 0 unspecified atom stereocenters. The van der Waals surface area contributed by atoms with Crippen LogP contribution < -0.4 is 9.64 Å². The zero-order chi connectivity index (χ0) is 24.6. The SMILES string of the molecule is CCc1cnc(N2CC=C(c3cnc4c(Oc5ccc(S(C)(=O)=O)nc5C)nccn34)CC2)nc1.